The lowest BCUT2D eigenvalue weighted by Gasteiger charge is -2.16. The Morgan fingerprint density at radius 2 is 1.76 bits per heavy atom. The van der Waals surface area contributed by atoms with Gasteiger partial charge in [0, 0.05) is 6.54 Å². The maximum atomic E-state index is 12.2. The van der Waals surface area contributed by atoms with Crippen LogP contribution in [0.5, 0.6) is 11.5 Å². The van der Waals surface area contributed by atoms with Crippen LogP contribution in [0.1, 0.15) is 31.4 Å². The molecule has 2 aromatic rings. The summed E-state index contributed by atoms with van der Waals surface area (Å²) < 4.78 is 11.4. The van der Waals surface area contributed by atoms with Crippen LogP contribution in [0.3, 0.4) is 0 Å². The minimum atomic E-state index is -0.517. The van der Waals surface area contributed by atoms with Gasteiger partial charge in [-0.2, -0.15) is 0 Å². The third-order valence-corrected chi connectivity index (χ3v) is 3.96. The van der Waals surface area contributed by atoms with Gasteiger partial charge in [0.2, 0.25) is 0 Å². The van der Waals surface area contributed by atoms with E-state index in [0.29, 0.717) is 13.2 Å². The Hall–Kier alpha value is -2.49. The Morgan fingerprint density at radius 1 is 1.08 bits per heavy atom. The minimum absolute atomic E-state index is 0.0960. The summed E-state index contributed by atoms with van der Waals surface area (Å²) in [7, 11) is 0. The molecule has 0 aliphatic heterocycles. The van der Waals surface area contributed by atoms with E-state index < -0.39 is 6.10 Å². The minimum Gasteiger partial charge on any atom is -0.494 e. The zero-order chi connectivity index (χ0) is 18.1. The monoisotopic (exact) mass is 341 g/mol. The Balaban J connectivity index is 1.76. The van der Waals surface area contributed by atoms with Crippen molar-refractivity contribution in [1.82, 2.24) is 5.32 Å². The molecule has 0 saturated carbocycles. The van der Waals surface area contributed by atoms with E-state index in [4.69, 9.17) is 9.47 Å². The van der Waals surface area contributed by atoms with E-state index in [9.17, 15) is 4.79 Å². The van der Waals surface area contributed by atoms with Gasteiger partial charge in [-0.15, -0.1) is 0 Å². The van der Waals surface area contributed by atoms with Gasteiger partial charge >= 0.3 is 0 Å². The van der Waals surface area contributed by atoms with Gasteiger partial charge in [-0.1, -0.05) is 36.4 Å². The molecule has 25 heavy (non-hydrogen) atoms. The lowest BCUT2D eigenvalue weighted by atomic mass is 10.1. The number of nitrogens with one attached hydrogen (secondary N) is 1. The van der Waals surface area contributed by atoms with Crippen LogP contribution >= 0.6 is 0 Å². The molecule has 0 aliphatic carbocycles. The first-order chi connectivity index (χ1) is 12.1. The number of ether oxygens (including phenoxy) is 2. The summed E-state index contributed by atoms with van der Waals surface area (Å²) >= 11 is 0. The van der Waals surface area contributed by atoms with E-state index in [1.165, 1.54) is 5.56 Å². The summed E-state index contributed by atoms with van der Waals surface area (Å²) in [5, 5.41) is 2.94. The molecule has 1 atom stereocenters. The summed E-state index contributed by atoms with van der Waals surface area (Å²) in [5.41, 5.74) is 2.19. The van der Waals surface area contributed by atoms with Gasteiger partial charge in [-0.3, -0.25) is 4.79 Å². The lowest BCUT2D eigenvalue weighted by molar-refractivity contribution is -0.127. The standard InChI is InChI=1S/C21H27NO3/c1-4-24-20-14-8-6-11-18(20)12-9-15-22-21(23)17(3)25-19-13-7-5-10-16(19)2/h5-8,10-11,13-14,17H,4,9,12,15H2,1-3H3,(H,22,23)/t17-/m1/s1. The number of hydrogen-bond donors (Lipinski definition) is 1. The summed E-state index contributed by atoms with van der Waals surface area (Å²) in [5.74, 6) is 1.57. The number of para-hydroxylation sites is 2. The molecule has 0 radical (unpaired) electrons. The summed E-state index contributed by atoms with van der Waals surface area (Å²) in [6, 6.07) is 15.7. The molecular formula is C21H27NO3. The Kier molecular flexibility index (Phi) is 7.33. The molecule has 134 valence electrons. The van der Waals surface area contributed by atoms with E-state index in [1.54, 1.807) is 6.92 Å². The van der Waals surface area contributed by atoms with Crippen molar-refractivity contribution < 1.29 is 14.3 Å². The second-order valence-electron chi connectivity index (χ2n) is 5.96. The molecule has 2 rings (SSSR count). The van der Waals surface area contributed by atoms with Gasteiger partial charge in [0.05, 0.1) is 6.61 Å². The zero-order valence-corrected chi connectivity index (χ0v) is 15.2. The molecule has 0 bridgehead atoms. The highest BCUT2D eigenvalue weighted by molar-refractivity contribution is 5.80. The van der Waals surface area contributed by atoms with Crippen molar-refractivity contribution in [3.05, 3.63) is 59.7 Å². The Labute approximate surface area is 150 Å². The average molecular weight is 341 g/mol. The first-order valence-electron chi connectivity index (χ1n) is 8.82. The molecule has 0 aliphatic rings. The van der Waals surface area contributed by atoms with Crippen molar-refractivity contribution in [3.63, 3.8) is 0 Å². The third kappa shape index (κ3) is 5.82. The van der Waals surface area contributed by atoms with E-state index in [2.05, 4.69) is 11.4 Å². The highest BCUT2D eigenvalue weighted by atomic mass is 16.5. The van der Waals surface area contributed by atoms with Crippen LogP contribution < -0.4 is 14.8 Å². The number of benzene rings is 2. The Bertz CT molecular complexity index is 684. The predicted molar refractivity (Wildman–Crippen MR) is 100 cm³/mol. The molecule has 1 amide bonds. The molecule has 0 aromatic heterocycles. The van der Waals surface area contributed by atoms with Gasteiger partial charge < -0.3 is 14.8 Å². The van der Waals surface area contributed by atoms with Gasteiger partial charge in [-0.25, -0.2) is 0 Å². The molecule has 0 unspecified atom stereocenters. The smallest absolute Gasteiger partial charge is 0.260 e. The van der Waals surface area contributed by atoms with Crippen LogP contribution in [0.25, 0.3) is 0 Å². The van der Waals surface area contributed by atoms with E-state index in [1.807, 2.05) is 56.3 Å². The zero-order valence-electron chi connectivity index (χ0n) is 15.2. The van der Waals surface area contributed by atoms with Crippen LogP contribution in [0, 0.1) is 6.92 Å². The number of amides is 1. The first kappa shape index (κ1) is 18.8. The second-order valence-corrected chi connectivity index (χ2v) is 5.96. The van der Waals surface area contributed by atoms with Crippen molar-refractivity contribution in [2.24, 2.45) is 0 Å². The molecule has 4 heteroatoms. The molecular weight excluding hydrogens is 314 g/mol. The molecule has 0 heterocycles. The quantitative estimate of drug-likeness (QED) is 0.704. The summed E-state index contributed by atoms with van der Waals surface area (Å²) in [6.07, 6.45) is 1.20. The maximum Gasteiger partial charge on any atom is 0.260 e. The SMILES string of the molecule is CCOc1ccccc1CCCNC(=O)[C@@H](C)Oc1ccccc1C. The fourth-order valence-corrected chi connectivity index (χ4v) is 2.57. The van der Waals surface area contributed by atoms with E-state index in [0.717, 1.165) is 29.9 Å². The first-order valence-corrected chi connectivity index (χ1v) is 8.82. The van der Waals surface area contributed by atoms with Crippen LogP contribution in [0.4, 0.5) is 0 Å². The maximum absolute atomic E-state index is 12.2. The van der Waals surface area contributed by atoms with Crippen molar-refractivity contribution in [2.75, 3.05) is 13.2 Å². The molecule has 0 fully saturated rings. The number of rotatable bonds is 9. The lowest BCUT2D eigenvalue weighted by Crippen LogP contribution is -2.37. The topological polar surface area (TPSA) is 47.6 Å². The van der Waals surface area contributed by atoms with Gasteiger partial charge in [0.1, 0.15) is 11.5 Å². The summed E-state index contributed by atoms with van der Waals surface area (Å²) in [6.45, 7) is 6.98. The van der Waals surface area contributed by atoms with Gasteiger partial charge in [0.25, 0.3) is 5.91 Å². The number of carbonyl (C=O) groups is 1. The van der Waals surface area contributed by atoms with Crippen LogP contribution in [0.15, 0.2) is 48.5 Å². The number of hydrogen-bond acceptors (Lipinski definition) is 3. The van der Waals surface area contributed by atoms with Crippen LogP contribution in [-0.4, -0.2) is 25.2 Å². The molecule has 2 aromatic carbocycles. The molecule has 0 spiro atoms. The number of carbonyl (C=O) groups excluding carboxylic acids is 1. The highest BCUT2D eigenvalue weighted by Gasteiger charge is 2.14. The fourth-order valence-electron chi connectivity index (χ4n) is 2.57. The number of aryl methyl sites for hydroxylation is 2. The normalized spacial score (nSPS) is 11.6. The Morgan fingerprint density at radius 3 is 2.48 bits per heavy atom. The van der Waals surface area contributed by atoms with Gasteiger partial charge in [-0.05, 0) is 56.9 Å². The summed E-state index contributed by atoms with van der Waals surface area (Å²) in [4.78, 5) is 12.2. The van der Waals surface area contributed by atoms with Crippen LogP contribution in [-0.2, 0) is 11.2 Å². The van der Waals surface area contributed by atoms with Crippen molar-refractivity contribution in [1.29, 1.82) is 0 Å². The molecule has 4 nitrogen and oxygen atoms in total. The fraction of sp³-hybridized carbons (Fsp3) is 0.381. The predicted octanol–water partition coefficient (Wildman–Crippen LogP) is 3.91. The van der Waals surface area contributed by atoms with E-state index >= 15 is 0 Å². The largest absolute Gasteiger partial charge is 0.494 e. The van der Waals surface area contributed by atoms with Crippen LogP contribution in [0.2, 0.25) is 0 Å². The second kappa shape index (κ2) is 9.72. The molecule has 1 N–H and O–H groups in total. The third-order valence-electron chi connectivity index (χ3n) is 3.96. The average Bonchev–Trinajstić information content (AvgIpc) is 2.62. The van der Waals surface area contributed by atoms with E-state index in [-0.39, 0.29) is 5.91 Å². The van der Waals surface area contributed by atoms with Crippen molar-refractivity contribution in [2.45, 2.75) is 39.7 Å². The van der Waals surface area contributed by atoms with Crippen molar-refractivity contribution >= 4 is 5.91 Å². The van der Waals surface area contributed by atoms with Crippen molar-refractivity contribution in [3.8, 4) is 11.5 Å². The molecule has 0 saturated heterocycles. The highest BCUT2D eigenvalue weighted by Crippen LogP contribution is 2.19. The van der Waals surface area contributed by atoms with Gasteiger partial charge in [0.15, 0.2) is 6.10 Å².